The lowest BCUT2D eigenvalue weighted by molar-refractivity contribution is 0.415. The van der Waals surface area contributed by atoms with Crippen LogP contribution in [0.2, 0.25) is 0 Å². The number of hydrogen-bond donors (Lipinski definition) is 2. The smallest absolute Gasteiger partial charge is 0.226 e. The van der Waals surface area contributed by atoms with Gasteiger partial charge in [0.05, 0.1) is 18.7 Å². The van der Waals surface area contributed by atoms with Gasteiger partial charge in [0, 0.05) is 19.3 Å². The predicted molar refractivity (Wildman–Crippen MR) is 91.3 cm³/mol. The van der Waals surface area contributed by atoms with Crippen LogP contribution in [0.1, 0.15) is 0 Å². The first-order valence-corrected chi connectivity index (χ1v) is 7.17. The van der Waals surface area contributed by atoms with Crippen LogP contribution in [0, 0.1) is 0 Å². The molecule has 0 atom stereocenters. The highest BCUT2D eigenvalue weighted by Crippen LogP contribution is 2.25. The SMILES string of the molecule is C=CCNc1nc(Nc2ccc(OC)cc2)c2cnn(C)c2n1. The molecule has 2 heterocycles. The van der Waals surface area contributed by atoms with Crippen molar-refractivity contribution >= 4 is 28.5 Å². The van der Waals surface area contributed by atoms with Crippen molar-refractivity contribution in [1.29, 1.82) is 0 Å². The molecule has 0 bridgehead atoms. The number of aryl methyl sites for hydroxylation is 1. The van der Waals surface area contributed by atoms with E-state index >= 15 is 0 Å². The zero-order valence-corrected chi connectivity index (χ0v) is 13.1. The first-order valence-electron chi connectivity index (χ1n) is 7.17. The summed E-state index contributed by atoms with van der Waals surface area (Å²) < 4.78 is 6.89. The van der Waals surface area contributed by atoms with Gasteiger partial charge < -0.3 is 15.4 Å². The van der Waals surface area contributed by atoms with Crippen molar-refractivity contribution < 1.29 is 4.74 Å². The summed E-state index contributed by atoms with van der Waals surface area (Å²) in [7, 11) is 3.49. The maximum atomic E-state index is 5.17. The maximum absolute atomic E-state index is 5.17. The average molecular weight is 310 g/mol. The van der Waals surface area contributed by atoms with Crippen molar-refractivity contribution in [2.24, 2.45) is 7.05 Å². The minimum Gasteiger partial charge on any atom is -0.497 e. The molecule has 7 nitrogen and oxygen atoms in total. The summed E-state index contributed by atoms with van der Waals surface area (Å²) in [6.07, 6.45) is 3.51. The Morgan fingerprint density at radius 2 is 2.04 bits per heavy atom. The van der Waals surface area contributed by atoms with E-state index in [2.05, 4.69) is 32.3 Å². The van der Waals surface area contributed by atoms with Gasteiger partial charge in [0.25, 0.3) is 0 Å². The number of anilines is 3. The van der Waals surface area contributed by atoms with Crippen LogP contribution in [-0.4, -0.2) is 33.4 Å². The molecule has 7 heteroatoms. The van der Waals surface area contributed by atoms with Gasteiger partial charge in [-0.1, -0.05) is 6.08 Å². The Bertz CT molecular complexity index is 824. The number of hydrogen-bond acceptors (Lipinski definition) is 6. The van der Waals surface area contributed by atoms with Gasteiger partial charge in [0.2, 0.25) is 5.95 Å². The minimum atomic E-state index is 0.525. The molecule has 2 N–H and O–H groups in total. The standard InChI is InChI=1S/C16H18N6O/c1-4-9-17-16-20-14(13-10-18-22(2)15(13)21-16)19-11-5-7-12(23-3)8-6-11/h4-8,10H,1,9H2,2-3H3,(H2,17,19,20,21). The van der Waals surface area contributed by atoms with Crippen LogP contribution >= 0.6 is 0 Å². The third-order valence-corrected chi connectivity index (χ3v) is 3.35. The van der Waals surface area contributed by atoms with Gasteiger partial charge in [-0.05, 0) is 24.3 Å². The van der Waals surface area contributed by atoms with Crippen molar-refractivity contribution in [2.75, 3.05) is 24.3 Å². The highest BCUT2D eigenvalue weighted by Gasteiger charge is 2.11. The maximum Gasteiger partial charge on any atom is 0.226 e. The van der Waals surface area contributed by atoms with Crippen LogP contribution in [0.15, 0.2) is 43.1 Å². The van der Waals surface area contributed by atoms with Gasteiger partial charge in [0.1, 0.15) is 11.6 Å². The zero-order chi connectivity index (χ0) is 16.2. The lowest BCUT2D eigenvalue weighted by atomic mass is 10.3. The number of rotatable bonds is 6. The lowest BCUT2D eigenvalue weighted by Crippen LogP contribution is -2.06. The van der Waals surface area contributed by atoms with Gasteiger partial charge in [-0.3, -0.25) is 4.68 Å². The molecule has 3 aromatic rings. The molecule has 0 aliphatic heterocycles. The largest absolute Gasteiger partial charge is 0.497 e. The molecule has 0 aliphatic carbocycles. The Morgan fingerprint density at radius 3 is 2.74 bits per heavy atom. The Morgan fingerprint density at radius 1 is 1.26 bits per heavy atom. The fourth-order valence-corrected chi connectivity index (χ4v) is 2.17. The van der Waals surface area contributed by atoms with Gasteiger partial charge in [-0.15, -0.1) is 6.58 Å². The molecule has 0 unspecified atom stereocenters. The molecule has 0 spiro atoms. The Kier molecular flexibility index (Phi) is 4.09. The number of methoxy groups -OCH3 is 1. The molecule has 0 radical (unpaired) electrons. The van der Waals surface area contributed by atoms with Crippen LogP contribution < -0.4 is 15.4 Å². The molecule has 3 rings (SSSR count). The van der Waals surface area contributed by atoms with Crippen LogP contribution in [-0.2, 0) is 7.05 Å². The first kappa shape index (κ1) is 14.8. The summed E-state index contributed by atoms with van der Waals surface area (Å²) in [4.78, 5) is 9.00. The molecule has 0 amide bonds. The van der Waals surface area contributed by atoms with E-state index in [1.165, 1.54) is 0 Å². The van der Waals surface area contributed by atoms with Crippen LogP contribution in [0.4, 0.5) is 17.5 Å². The number of ether oxygens (including phenoxy) is 1. The second kappa shape index (κ2) is 6.35. The van der Waals surface area contributed by atoms with E-state index in [1.807, 2.05) is 31.3 Å². The van der Waals surface area contributed by atoms with Crippen molar-refractivity contribution in [3.8, 4) is 5.75 Å². The van der Waals surface area contributed by atoms with Crippen LogP contribution in [0.3, 0.4) is 0 Å². The van der Waals surface area contributed by atoms with E-state index in [9.17, 15) is 0 Å². The average Bonchev–Trinajstić information content (AvgIpc) is 2.95. The van der Waals surface area contributed by atoms with Crippen molar-refractivity contribution in [3.05, 3.63) is 43.1 Å². The normalized spacial score (nSPS) is 10.5. The summed E-state index contributed by atoms with van der Waals surface area (Å²) in [5.74, 6) is 2.02. The molecule has 118 valence electrons. The highest BCUT2D eigenvalue weighted by atomic mass is 16.5. The topological polar surface area (TPSA) is 76.9 Å². The highest BCUT2D eigenvalue weighted by molar-refractivity contribution is 5.89. The van der Waals surface area contributed by atoms with E-state index in [4.69, 9.17) is 4.74 Å². The molecule has 0 aliphatic rings. The third kappa shape index (κ3) is 3.08. The van der Waals surface area contributed by atoms with E-state index in [1.54, 1.807) is 24.1 Å². The second-order valence-electron chi connectivity index (χ2n) is 4.92. The summed E-state index contributed by atoms with van der Waals surface area (Å²) in [5.41, 5.74) is 1.66. The molecule has 23 heavy (non-hydrogen) atoms. The molecule has 0 saturated heterocycles. The van der Waals surface area contributed by atoms with Gasteiger partial charge in [0.15, 0.2) is 5.65 Å². The molecule has 0 fully saturated rings. The van der Waals surface area contributed by atoms with Crippen molar-refractivity contribution in [3.63, 3.8) is 0 Å². The summed E-state index contributed by atoms with van der Waals surface area (Å²) >= 11 is 0. The molecule has 0 saturated carbocycles. The zero-order valence-electron chi connectivity index (χ0n) is 13.1. The monoisotopic (exact) mass is 310 g/mol. The Balaban J connectivity index is 1.98. The quantitative estimate of drug-likeness (QED) is 0.682. The van der Waals surface area contributed by atoms with Gasteiger partial charge >= 0.3 is 0 Å². The number of nitrogens with one attached hydrogen (secondary N) is 2. The van der Waals surface area contributed by atoms with E-state index in [0.717, 1.165) is 22.5 Å². The van der Waals surface area contributed by atoms with Gasteiger partial charge in [-0.25, -0.2) is 0 Å². The second-order valence-corrected chi connectivity index (χ2v) is 4.92. The summed E-state index contributed by atoms with van der Waals surface area (Å²) in [6, 6.07) is 7.64. The first-order chi connectivity index (χ1) is 11.2. The lowest BCUT2D eigenvalue weighted by Gasteiger charge is -2.10. The molecular weight excluding hydrogens is 292 g/mol. The van der Waals surface area contributed by atoms with Crippen molar-refractivity contribution in [1.82, 2.24) is 19.7 Å². The fourth-order valence-electron chi connectivity index (χ4n) is 2.17. The summed E-state index contributed by atoms with van der Waals surface area (Å²) in [5, 5.41) is 11.5. The van der Waals surface area contributed by atoms with E-state index in [-0.39, 0.29) is 0 Å². The number of fused-ring (bicyclic) bond motifs is 1. The number of benzene rings is 1. The molecule has 2 aromatic heterocycles. The van der Waals surface area contributed by atoms with Gasteiger partial charge in [-0.2, -0.15) is 15.1 Å². The molecule has 1 aromatic carbocycles. The van der Waals surface area contributed by atoms with Crippen molar-refractivity contribution in [2.45, 2.75) is 0 Å². The fraction of sp³-hybridized carbons (Fsp3) is 0.188. The Labute approximate surface area is 134 Å². The number of aromatic nitrogens is 4. The van der Waals surface area contributed by atoms with E-state index < -0.39 is 0 Å². The third-order valence-electron chi connectivity index (χ3n) is 3.35. The minimum absolute atomic E-state index is 0.525. The predicted octanol–water partition coefficient (Wildman–Crippen LogP) is 2.71. The molecular formula is C16H18N6O. The van der Waals surface area contributed by atoms with Crippen LogP contribution in [0.25, 0.3) is 11.0 Å². The van der Waals surface area contributed by atoms with E-state index in [0.29, 0.717) is 18.3 Å². The number of nitrogens with zero attached hydrogens (tertiary/aromatic N) is 4. The van der Waals surface area contributed by atoms with Crippen LogP contribution in [0.5, 0.6) is 5.75 Å². The summed E-state index contributed by atoms with van der Waals surface area (Å²) in [6.45, 7) is 4.28. The Hall–Kier alpha value is -3.09.